The standard InChI is InChI=1S/C13H13ClN2O2S/c1-8-13(19-7-16-8)6-15-10-5-12-11(4-9(10)14)17-2-3-18-12/h4-5,7,15H,2-3,6H2,1H3. The van der Waals surface area contributed by atoms with Crippen LogP contribution < -0.4 is 14.8 Å². The van der Waals surface area contributed by atoms with Crippen molar-refractivity contribution in [3.8, 4) is 11.5 Å². The summed E-state index contributed by atoms with van der Waals surface area (Å²) in [4.78, 5) is 5.42. The number of hydrogen-bond acceptors (Lipinski definition) is 5. The van der Waals surface area contributed by atoms with Crippen LogP contribution in [0.2, 0.25) is 5.02 Å². The van der Waals surface area contributed by atoms with Crippen LogP contribution in [0.4, 0.5) is 5.69 Å². The maximum atomic E-state index is 6.23. The lowest BCUT2D eigenvalue weighted by molar-refractivity contribution is 0.171. The minimum absolute atomic E-state index is 0.566. The van der Waals surface area contributed by atoms with Crippen molar-refractivity contribution in [2.75, 3.05) is 18.5 Å². The van der Waals surface area contributed by atoms with E-state index in [1.807, 2.05) is 18.5 Å². The van der Waals surface area contributed by atoms with Crippen LogP contribution in [0.15, 0.2) is 17.6 Å². The van der Waals surface area contributed by atoms with Crippen LogP contribution in [-0.4, -0.2) is 18.2 Å². The van der Waals surface area contributed by atoms with E-state index in [-0.39, 0.29) is 0 Å². The molecule has 2 heterocycles. The summed E-state index contributed by atoms with van der Waals surface area (Å²) in [6, 6.07) is 3.67. The summed E-state index contributed by atoms with van der Waals surface area (Å²) >= 11 is 7.86. The molecule has 0 atom stereocenters. The van der Waals surface area contributed by atoms with Gasteiger partial charge in [0.15, 0.2) is 11.5 Å². The lowest BCUT2D eigenvalue weighted by Gasteiger charge is -2.20. The number of ether oxygens (including phenoxy) is 2. The molecule has 1 aliphatic heterocycles. The average molecular weight is 297 g/mol. The molecule has 0 radical (unpaired) electrons. The molecular formula is C13H13ClN2O2S. The zero-order valence-corrected chi connectivity index (χ0v) is 12.0. The first kappa shape index (κ1) is 12.6. The smallest absolute Gasteiger partial charge is 0.163 e. The molecule has 0 amide bonds. The molecule has 19 heavy (non-hydrogen) atoms. The largest absolute Gasteiger partial charge is 0.486 e. The summed E-state index contributed by atoms with van der Waals surface area (Å²) < 4.78 is 11.0. The lowest BCUT2D eigenvalue weighted by Crippen LogP contribution is -2.15. The van der Waals surface area contributed by atoms with Crippen molar-refractivity contribution in [3.05, 3.63) is 33.2 Å². The van der Waals surface area contributed by atoms with Gasteiger partial charge in [0.25, 0.3) is 0 Å². The second-order valence-electron chi connectivity index (χ2n) is 4.19. The van der Waals surface area contributed by atoms with E-state index >= 15 is 0 Å². The van der Waals surface area contributed by atoms with Crippen molar-refractivity contribution in [3.63, 3.8) is 0 Å². The maximum absolute atomic E-state index is 6.23. The van der Waals surface area contributed by atoms with Crippen LogP contribution in [-0.2, 0) is 6.54 Å². The molecule has 0 bridgehead atoms. The van der Waals surface area contributed by atoms with E-state index in [9.17, 15) is 0 Å². The molecule has 6 heteroatoms. The molecule has 1 N–H and O–H groups in total. The van der Waals surface area contributed by atoms with Gasteiger partial charge in [-0.3, -0.25) is 0 Å². The predicted molar refractivity (Wildman–Crippen MR) is 76.6 cm³/mol. The highest BCUT2D eigenvalue weighted by molar-refractivity contribution is 7.09. The number of aryl methyl sites for hydroxylation is 1. The third-order valence-corrected chi connectivity index (χ3v) is 4.16. The fraction of sp³-hybridized carbons (Fsp3) is 0.308. The van der Waals surface area contributed by atoms with E-state index < -0.39 is 0 Å². The number of benzene rings is 1. The van der Waals surface area contributed by atoms with E-state index in [1.165, 1.54) is 4.88 Å². The summed E-state index contributed by atoms with van der Waals surface area (Å²) in [5.74, 6) is 1.44. The Bertz CT molecular complexity index is 600. The van der Waals surface area contributed by atoms with Crippen LogP contribution in [0.25, 0.3) is 0 Å². The molecular weight excluding hydrogens is 284 g/mol. The molecule has 0 saturated carbocycles. The molecule has 0 spiro atoms. The first-order valence-corrected chi connectivity index (χ1v) is 7.22. The van der Waals surface area contributed by atoms with Crippen molar-refractivity contribution in [1.82, 2.24) is 4.98 Å². The van der Waals surface area contributed by atoms with Gasteiger partial charge >= 0.3 is 0 Å². The van der Waals surface area contributed by atoms with Crippen LogP contribution in [0.1, 0.15) is 10.6 Å². The molecule has 0 fully saturated rings. The molecule has 3 rings (SSSR count). The lowest BCUT2D eigenvalue weighted by atomic mass is 10.2. The highest BCUT2D eigenvalue weighted by Gasteiger charge is 2.15. The summed E-state index contributed by atoms with van der Waals surface area (Å²) in [5, 5.41) is 3.94. The number of fused-ring (bicyclic) bond motifs is 1. The van der Waals surface area contributed by atoms with E-state index in [0.717, 1.165) is 17.1 Å². The summed E-state index contributed by atoms with van der Waals surface area (Å²) in [5.41, 5.74) is 3.74. The van der Waals surface area contributed by atoms with Gasteiger partial charge in [-0.2, -0.15) is 0 Å². The minimum atomic E-state index is 0.566. The van der Waals surface area contributed by atoms with Gasteiger partial charge in [-0.05, 0) is 6.92 Å². The Labute approximate surface area is 120 Å². The van der Waals surface area contributed by atoms with Gasteiger partial charge in [-0.1, -0.05) is 11.6 Å². The summed E-state index contributed by atoms with van der Waals surface area (Å²) in [7, 11) is 0. The monoisotopic (exact) mass is 296 g/mol. The van der Waals surface area contributed by atoms with Gasteiger partial charge in [0.2, 0.25) is 0 Å². The molecule has 1 aliphatic rings. The van der Waals surface area contributed by atoms with Gasteiger partial charge in [0.05, 0.1) is 28.5 Å². The van der Waals surface area contributed by atoms with Gasteiger partial charge in [0.1, 0.15) is 13.2 Å². The Balaban J connectivity index is 1.79. The van der Waals surface area contributed by atoms with Crippen molar-refractivity contribution in [2.24, 2.45) is 0 Å². The fourth-order valence-electron chi connectivity index (χ4n) is 1.87. The maximum Gasteiger partial charge on any atom is 0.163 e. The minimum Gasteiger partial charge on any atom is -0.486 e. The third kappa shape index (κ3) is 2.62. The SMILES string of the molecule is Cc1ncsc1CNc1cc2c(cc1Cl)OCCO2. The number of nitrogens with one attached hydrogen (secondary N) is 1. The Hall–Kier alpha value is -1.46. The number of aromatic nitrogens is 1. The second-order valence-corrected chi connectivity index (χ2v) is 5.54. The van der Waals surface area contributed by atoms with Gasteiger partial charge in [0, 0.05) is 17.0 Å². The molecule has 0 aliphatic carbocycles. The molecule has 1 aromatic carbocycles. The number of nitrogens with zero attached hydrogens (tertiary/aromatic N) is 1. The highest BCUT2D eigenvalue weighted by atomic mass is 35.5. The normalized spacial score (nSPS) is 13.4. The Morgan fingerprint density at radius 2 is 2.05 bits per heavy atom. The zero-order chi connectivity index (χ0) is 13.2. The first-order valence-electron chi connectivity index (χ1n) is 5.96. The highest BCUT2D eigenvalue weighted by Crippen LogP contribution is 2.38. The Morgan fingerprint density at radius 3 is 2.74 bits per heavy atom. The molecule has 0 unspecified atom stereocenters. The van der Waals surface area contributed by atoms with Crippen LogP contribution in [0.3, 0.4) is 0 Å². The van der Waals surface area contributed by atoms with Crippen LogP contribution >= 0.6 is 22.9 Å². The van der Waals surface area contributed by atoms with E-state index in [4.69, 9.17) is 21.1 Å². The fourth-order valence-corrected chi connectivity index (χ4v) is 2.81. The summed E-state index contributed by atoms with van der Waals surface area (Å²) in [6.07, 6.45) is 0. The number of hydrogen-bond donors (Lipinski definition) is 1. The number of rotatable bonds is 3. The quantitative estimate of drug-likeness (QED) is 0.941. The zero-order valence-electron chi connectivity index (χ0n) is 10.4. The van der Waals surface area contributed by atoms with Crippen LogP contribution in [0, 0.1) is 6.92 Å². The van der Waals surface area contributed by atoms with E-state index in [0.29, 0.717) is 30.5 Å². The van der Waals surface area contributed by atoms with E-state index in [1.54, 1.807) is 17.4 Å². The third-order valence-electron chi connectivity index (χ3n) is 2.92. The van der Waals surface area contributed by atoms with Gasteiger partial charge < -0.3 is 14.8 Å². The predicted octanol–water partition coefficient (Wildman–Crippen LogP) is 3.49. The summed E-state index contributed by atoms with van der Waals surface area (Å²) in [6.45, 7) is 3.84. The molecule has 0 saturated heterocycles. The molecule has 1 aromatic heterocycles. The van der Waals surface area contributed by atoms with Crippen molar-refractivity contribution in [2.45, 2.75) is 13.5 Å². The van der Waals surface area contributed by atoms with Crippen molar-refractivity contribution < 1.29 is 9.47 Å². The Morgan fingerprint density at radius 1 is 1.32 bits per heavy atom. The average Bonchev–Trinajstić information content (AvgIpc) is 2.82. The van der Waals surface area contributed by atoms with Crippen molar-refractivity contribution in [1.29, 1.82) is 0 Å². The Kier molecular flexibility index (Phi) is 3.48. The number of thiazole rings is 1. The van der Waals surface area contributed by atoms with Gasteiger partial charge in [-0.25, -0.2) is 4.98 Å². The number of anilines is 1. The van der Waals surface area contributed by atoms with E-state index in [2.05, 4.69) is 10.3 Å². The molecule has 2 aromatic rings. The first-order chi connectivity index (χ1) is 9.24. The molecule has 100 valence electrons. The second kappa shape index (κ2) is 5.27. The topological polar surface area (TPSA) is 43.4 Å². The van der Waals surface area contributed by atoms with Gasteiger partial charge in [-0.15, -0.1) is 11.3 Å². The molecule has 4 nitrogen and oxygen atoms in total. The number of halogens is 1. The van der Waals surface area contributed by atoms with Crippen LogP contribution in [0.5, 0.6) is 11.5 Å². The van der Waals surface area contributed by atoms with Crippen molar-refractivity contribution >= 4 is 28.6 Å².